The monoisotopic (exact) mass is 256 g/mol. The highest BCUT2D eigenvalue weighted by Crippen LogP contribution is 2.49. The minimum Gasteiger partial charge on any atom is -0.383 e. The van der Waals surface area contributed by atoms with Gasteiger partial charge in [0.05, 0.1) is 16.9 Å². The maximum absolute atomic E-state index is 12.7. The Balaban J connectivity index is 1.97. The van der Waals surface area contributed by atoms with Gasteiger partial charge in [-0.1, -0.05) is 0 Å². The van der Waals surface area contributed by atoms with Crippen LogP contribution >= 0.6 is 0 Å². The zero-order chi connectivity index (χ0) is 13.0. The predicted octanol–water partition coefficient (Wildman–Crippen LogP) is 3.35. The van der Waals surface area contributed by atoms with Gasteiger partial charge in [0.25, 0.3) is 0 Å². The van der Waals surface area contributed by atoms with Crippen molar-refractivity contribution in [1.82, 2.24) is 0 Å². The molecule has 0 saturated heterocycles. The summed E-state index contributed by atoms with van der Waals surface area (Å²) in [6, 6.07) is 3.93. The van der Waals surface area contributed by atoms with Gasteiger partial charge in [-0.3, -0.25) is 0 Å². The number of nitrogens with one attached hydrogen (secondary N) is 1. The van der Waals surface area contributed by atoms with Crippen LogP contribution in [-0.2, 0) is 6.18 Å². The summed E-state index contributed by atoms with van der Waals surface area (Å²) in [7, 11) is 1.94. The molecule has 1 aliphatic heterocycles. The molecule has 1 aromatic carbocycles. The number of hydrogen-bond donors (Lipinski definition) is 1. The van der Waals surface area contributed by atoms with Gasteiger partial charge in [0.1, 0.15) is 0 Å². The molecule has 1 aromatic rings. The summed E-state index contributed by atoms with van der Waals surface area (Å²) in [5, 5.41) is 3.18. The van der Waals surface area contributed by atoms with Gasteiger partial charge in [-0.2, -0.15) is 13.2 Å². The summed E-state index contributed by atoms with van der Waals surface area (Å²) in [5.74, 6) is 0. The second kappa shape index (κ2) is 3.56. The number of halogens is 3. The topological polar surface area (TPSA) is 15.3 Å². The molecule has 1 fully saturated rings. The first-order valence-electron chi connectivity index (χ1n) is 6.06. The van der Waals surface area contributed by atoms with E-state index in [9.17, 15) is 13.2 Å². The van der Waals surface area contributed by atoms with Crippen molar-refractivity contribution in [2.75, 3.05) is 30.4 Å². The van der Waals surface area contributed by atoms with E-state index in [2.05, 4.69) is 10.2 Å². The van der Waals surface area contributed by atoms with Gasteiger partial charge in [0.2, 0.25) is 0 Å². The van der Waals surface area contributed by atoms with E-state index in [1.54, 1.807) is 6.07 Å². The Hall–Kier alpha value is -1.39. The summed E-state index contributed by atoms with van der Waals surface area (Å²) in [4.78, 5) is 2.06. The van der Waals surface area contributed by atoms with Crippen molar-refractivity contribution in [2.24, 2.45) is 5.41 Å². The zero-order valence-electron chi connectivity index (χ0n) is 10.1. The van der Waals surface area contributed by atoms with Crippen molar-refractivity contribution in [3.8, 4) is 0 Å². The molecular formula is C13H15F3N2. The van der Waals surface area contributed by atoms with Crippen LogP contribution in [0.25, 0.3) is 0 Å². The van der Waals surface area contributed by atoms with Crippen LogP contribution in [0, 0.1) is 5.41 Å². The number of alkyl halides is 3. The van der Waals surface area contributed by atoms with Gasteiger partial charge < -0.3 is 10.2 Å². The molecule has 0 atom stereocenters. The third-order valence-electron chi connectivity index (χ3n) is 3.92. The van der Waals surface area contributed by atoms with Gasteiger partial charge >= 0.3 is 6.18 Å². The standard InChI is InChI=1S/C13H15F3N2/c1-18-8-12(4-5-12)7-17-10-6-9(13(14,15)16)2-3-11(10)18/h2-3,6,17H,4-5,7-8H2,1H3. The van der Waals surface area contributed by atoms with Crippen molar-refractivity contribution in [2.45, 2.75) is 19.0 Å². The molecule has 5 heteroatoms. The third kappa shape index (κ3) is 1.91. The van der Waals surface area contributed by atoms with Gasteiger partial charge in [-0.15, -0.1) is 0 Å². The minimum atomic E-state index is -4.28. The predicted molar refractivity (Wildman–Crippen MR) is 64.9 cm³/mol. The molecule has 2 aliphatic rings. The average molecular weight is 256 g/mol. The molecular weight excluding hydrogens is 241 g/mol. The second-order valence-corrected chi connectivity index (χ2v) is 5.44. The molecule has 2 nitrogen and oxygen atoms in total. The Labute approximate surface area is 104 Å². The number of benzene rings is 1. The fourth-order valence-electron chi connectivity index (χ4n) is 2.63. The van der Waals surface area contributed by atoms with Crippen molar-refractivity contribution in [3.05, 3.63) is 23.8 Å². The fraction of sp³-hybridized carbons (Fsp3) is 0.538. The first kappa shape index (κ1) is 11.7. The Morgan fingerprint density at radius 1 is 1.28 bits per heavy atom. The van der Waals surface area contributed by atoms with E-state index in [0.717, 1.165) is 37.7 Å². The molecule has 0 amide bonds. The Kier molecular flexibility index (Phi) is 2.31. The summed E-state index contributed by atoms with van der Waals surface area (Å²) in [6.45, 7) is 1.68. The van der Waals surface area contributed by atoms with E-state index in [1.807, 2.05) is 7.05 Å². The molecule has 1 heterocycles. The average Bonchev–Trinajstić information content (AvgIpc) is 3.06. The first-order chi connectivity index (χ1) is 8.40. The molecule has 1 N–H and O–H groups in total. The third-order valence-corrected chi connectivity index (χ3v) is 3.92. The number of fused-ring (bicyclic) bond motifs is 1. The lowest BCUT2D eigenvalue weighted by atomic mass is 10.1. The number of rotatable bonds is 0. The van der Waals surface area contributed by atoms with Crippen LogP contribution in [0.2, 0.25) is 0 Å². The lowest BCUT2D eigenvalue weighted by Gasteiger charge is -2.22. The normalized spacial score (nSPS) is 21.2. The van der Waals surface area contributed by atoms with Crippen LogP contribution in [-0.4, -0.2) is 20.1 Å². The Bertz CT molecular complexity index is 478. The van der Waals surface area contributed by atoms with Crippen molar-refractivity contribution >= 4 is 11.4 Å². The van der Waals surface area contributed by atoms with Crippen molar-refractivity contribution < 1.29 is 13.2 Å². The molecule has 1 saturated carbocycles. The zero-order valence-corrected chi connectivity index (χ0v) is 10.1. The van der Waals surface area contributed by atoms with E-state index in [0.29, 0.717) is 5.69 Å². The highest BCUT2D eigenvalue weighted by molar-refractivity contribution is 5.72. The number of anilines is 2. The molecule has 18 heavy (non-hydrogen) atoms. The SMILES string of the molecule is CN1CC2(CC2)CNc2cc(C(F)(F)F)ccc21. The van der Waals surface area contributed by atoms with Crippen LogP contribution in [0.1, 0.15) is 18.4 Å². The highest BCUT2D eigenvalue weighted by Gasteiger charge is 2.45. The molecule has 3 rings (SSSR count). The Morgan fingerprint density at radius 3 is 2.61 bits per heavy atom. The molecule has 0 radical (unpaired) electrons. The van der Waals surface area contributed by atoms with E-state index >= 15 is 0 Å². The summed E-state index contributed by atoms with van der Waals surface area (Å²) >= 11 is 0. The molecule has 0 unspecified atom stereocenters. The fourth-order valence-corrected chi connectivity index (χ4v) is 2.63. The highest BCUT2D eigenvalue weighted by atomic mass is 19.4. The molecule has 0 bridgehead atoms. The molecule has 98 valence electrons. The van der Waals surface area contributed by atoms with Crippen LogP contribution < -0.4 is 10.2 Å². The van der Waals surface area contributed by atoms with E-state index in [4.69, 9.17) is 0 Å². The van der Waals surface area contributed by atoms with Gasteiger partial charge in [-0.05, 0) is 31.0 Å². The maximum Gasteiger partial charge on any atom is 0.416 e. The van der Waals surface area contributed by atoms with E-state index < -0.39 is 11.7 Å². The van der Waals surface area contributed by atoms with Crippen LogP contribution in [0.3, 0.4) is 0 Å². The van der Waals surface area contributed by atoms with Crippen molar-refractivity contribution in [1.29, 1.82) is 0 Å². The lowest BCUT2D eigenvalue weighted by molar-refractivity contribution is -0.137. The summed E-state index contributed by atoms with van der Waals surface area (Å²) in [6.07, 6.45) is -1.96. The number of hydrogen-bond acceptors (Lipinski definition) is 2. The molecule has 1 aliphatic carbocycles. The quantitative estimate of drug-likeness (QED) is 0.765. The van der Waals surface area contributed by atoms with Gasteiger partial charge in [0.15, 0.2) is 0 Å². The largest absolute Gasteiger partial charge is 0.416 e. The molecule has 1 spiro atoms. The minimum absolute atomic E-state index is 0.270. The first-order valence-corrected chi connectivity index (χ1v) is 6.06. The van der Waals surface area contributed by atoms with Gasteiger partial charge in [0, 0.05) is 25.6 Å². The molecule has 0 aromatic heterocycles. The number of nitrogens with zero attached hydrogens (tertiary/aromatic N) is 1. The second-order valence-electron chi connectivity index (χ2n) is 5.44. The van der Waals surface area contributed by atoms with Crippen LogP contribution in [0.15, 0.2) is 18.2 Å². The summed E-state index contributed by atoms with van der Waals surface area (Å²) < 4.78 is 38.0. The Morgan fingerprint density at radius 2 is 2.00 bits per heavy atom. The van der Waals surface area contributed by atoms with Crippen LogP contribution in [0.5, 0.6) is 0 Å². The lowest BCUT2D eigenvalue weighted by Crippen LogP contribution is -2.27. The van der Waals surface area contributed by atoms with Crippen molar-refractivity contribution in [3.63, 3.8) is 0 Å². The summed E-state index contributed by atoms with van der Waals surface area (Å²) in [5.41, 5.74) is 1.13. The van der Waals surface area contributed by atoms with Crippen LogP contribution in [0.4, 0.5) is 24.5 Å². The smallest absolute Gasteiger partial charge is 0.383 e. The van der Waals surface area contributed by atoms with E-state index in [1.165, 1.54) is 6.07 Å². The maximum atomic E-state index is 12.7. The van der Waals surface area contributed by atoms with Gasteiger partial charge in [-0.25, -0.2) is 0 Å². The van der Waals surface area contributed by atoms with E-state index in [-0.39, 0.29) is 5.41 Å².